The smallest absolute Gasteiger partial charge is 0.338 e. The van der Waals surface area contributed by atoms with Crippen molar-refractivity contribution in [1.29, 1.82) is 0 Å². The first-order valence-electron chi connectivity index (χ1n) is 8.57. The summed E-state index contributed by atoms with van der Waals surface area (Å²) in [7, 11) is 2.61. The molecule has 0 spiro atoms. The fraction of sp³-hybridized carbons (Fsp3) is 0.300. The molecule has 0 amide bonds. The van der Waals surface area contributed by atoms with Crippen LogP contribution in [-0.4, -0.2) is 52.6 Å². The van der Waals surface area contributed by atoms with Gasteiger partial charge in [0.15, 0.2) is 0 Å². The van der Waals surface area contributed by atoms with Crippen LogP contribution in [-0.2, 0) is 9.47 Å². The summed E-state index contributed by atoms with van der Waals surface area (Å²) in [6.07, 6.45) is 0. The summed E-state index contributed by atoms with van der Waals surface area (Å²) in [5, 5.41) is 0. The van der Waals surface area contributed by atoms with E-state index in [1.807, 2.05) is 0 Å². The van der Waals surface area contributed by atoms with Gasteiger partial charge in [-0.15, -0.1) is 0 Å². The molecule has 4 bridgehead atoms. The van der Waals surface area contributed by atoms with Crippen molar-refractivity contribution in [3.05, 3.63) is 47.5 Å². The molecule has 0 radical (unpaired) electrons. The molecular formula is C20H20O8. The average Bonchev–Trinajstić information content (AvgIpc) is 2.72. The van der Waals surface area contributed by atoms with Crippen molar-refractivity contribution in [3.8, 4) is 23.0 Å². The summed E-state index contributed by atoms with van der Waals surface area (Å²) in [5.74, 6) is 0.808. The molecule has 8 heteroatoms. The predicted molar refractivity (Wildman–Crippen MR) is 97.5 cm³/mol. The summed E-state index contributed by atoms with van der Waals surface area (Å²) in [4.78, 5) is 23.7. The second kappa shape index (κ2) is 8.98. The van der Waals surface area contributed by atoms with E-state index in [0.29, 0.717) is 34.1 Å². The van der Waals surface area contributed by atoms with Gasteiger partial charge in [-0.1, -0.05) is 0 Å². The average molecular weight is 388 g/mol. The van der Waals surface area contributed by atoms with Gasteiger partial charge in [0.05, 0.1) is 25.3 Å². The summed E-state index contributed by atoms with van der Waals surface area (Å²) in [6, 6.07) is 9.61. The Morgan fingerprint density at radius 3 is 1.14 bits per heavy atom. The zero-order chi connectivity index (χ0) is 19.9. The molecule has 2 aromatic rings. The van der Waals surface area contributed by atoms with Crippen molar-refractivity contribution in [2.75, 3.05) is 40.6 Å². The van der Waals surface area contributed by atoms with Crippen LogP contribution >= 0.6 is 0 Å². The fourth-order valence-electron chi connectivity index (χ4n) is 2.59. The van der Waals surface area contributed by atoms with Crippen molar-refractivity contribution in [1.82, 2.24) is 0 Å². The molecule has 1 aliphatic heterocycles. The number of carbonyl (C=O) groups is 2. The first kappa shape index (κ1) is 19.3. The van der Waals surface area contributed by atoms with Crippen LogP contribution in [0.25, 0.3) is 0 Å². The van der Waals surface area contributed by atoms with Crippen molar-refractivity contribution < 1.29 is 38.0 Å². The third-order valence-electron chi connectivity index (χ3n) is 3.84. The van der Waals surface area contributed by atoms with Gasteiger partial charge in [0.25, 0.3) is 0 Å². The number of hydrogen-bond acceptors (Lipinski definition) is 8. The number of fused-ring (bicyclic) bond motifs is 4. The van der Waals surface area contributed by atoms with Crippen LogP contribution in [0.4, 0.5) is 0 Å². The van der Waals surface area contributed by atoms with Gasteiger partial charge in [-0.3, -0.25) is 0 Å². The van der Waals surface area contributed by atoms with E-state index in [9.17, 15) is 9.59 Å². The minimum Gasteiger partial charge on any atom is -0.490 e. The Bertz CT molecular complexity index is 741. The molecule has 1 aliphatic rings. The first-order chi connectivity index (χ1) is 13.6. The molecule has 0 N–H and O–H groups in total. The van der Waals surface area contributed by atoms with E-state index in [1.54, 1.807) is 36.4 Å². The zero-order valence-corrected chi connectivity index (χ0v) is 15.6. The third kappa shape index (κ3) is 4.85. The number of hydrogen-bond donors (Lipinski definition) is 0. The Balaban J connectivity index is 1.81. The normalized spacial score (nSPS) is 13.5. The third-order valence-corrected chi connectivity index (χ3v) is 3.84. The Morgan fingerprint density at radius 1 is 0.607 bits per heavy atom. The summed E-state index contributed by atoms with van der Waals surface area (Å²) in [5.41, 5.74) is 0.633. The van der Waals surface area contributed by atoms with E-state index in [2.05, 4.69) is 0 Å². The van der Waals surface area contributed by atoms with Crippen molar-refractivity contribution >= 4 is 11.9 Å². The Morgan fingerprint density at radius 2 is 0.893 bits per heavy atom. The van der Waals surface area contributed by atoms with Crippen LogP contribution in [0.15, 0.2) is 36.4 Å². The molecule has 3 rings (SSSR count). The SMILES string of the molecule is COC(=O)c1cc2cc(c1)OCCOc1cc(cc(C(=O)OC)c1)OCCO2. The van der Waals surface area contributed by atoms with Crippen LogP contribution in [0.3, 0.4) is 0 Å². The summed E-state index contributed by atoms with van der Waals surface area (Å²) < 4.78 is 32.2. The van der Waals surface area contributed by atoms with Gasteiger partial charge in [0.1, 0.15) is 49.4 Å². The quantitative estimate of drug-likeness (QED) is 0.725. The maximum atomic E-state index is 11.8. The van der Waals surface area contributed by atoms with Crippen LogP contribution < -0.4 is 18.9 Å². The lowest BCUT2D eigenvalue weighted by molar-refractivity contribution is 0.0590. The zero-order valence-electron chi connectivity index (χ0n) is 15.6. The fourth-order valence-corrected chi connectivity index (χ4v) is 2.59. The number of methoxy groups -OCH3 is 2. The maximum absolute atomic E-state index is 11.8. The van der Waals surface area contributed by atoms with Gasteiger partial charge in [-0.05, 0) is 24.3 Å². The Hall–Kier alpha value is -3.42. The molecule has 0 atom stereocenters. The molecule has 2 aromatic carbocycles. The highest BCUT2D eigenvalue weighted by Crippen LogP contribution is 2.26. The van der Waals surface area contributed by atoms with Gasteiger partial charge < -0.3 is 28.4 Å². The summed E-state index contributed by atoms with van der Waals surface area (Å²) in [6.45, 7) is 0.844. The largest absolute Gasteiger partial charge is 0.490 e. The molecule has 28 heavy (non-hydrogen) atoms. The second-order valence-electron chi connectivity index (χ2n) is 5.76. The minimum absolute atomic E-state index is 0.211. The van der Waals surface area contributed by atoms with E-state index in [1.165, 1.54) is 14.2 Å². The molecular weight excluding hydrogens is 368 g/mol. The summed E-state index contributed by atoms with van der Waals surface area (Å²) >= 11 is 0. The lowest BCUT2D eigenvalue weighted by Gasteiger charge is -2.15. The van der Waals surface area contributed by atoms with E-state index < -0.39 is 11.9 Å². The van der Waals surface area contributed by atoms with Gasteiger partial charge in [-0.2, -0.15) is 0 Å². The number of rotatable bonds is 2. The van der Waals surface area contributed by atoms with Crippen LogP contribution in [0.5, 0.6) is 23.0 Å². The lowest BCUT2D eigenvalue weighted by Crippen LogP contribution is -2.13. The number of ether oxygens (including phenoxy) is 6. The Kier molecular flexibility index (Phi) is 6.21. The van der Waals surface area contributed by atoms with Crippen molar-refractivity contribution in [3.63, 3.8) is 0 Å². The number of esters is 2. The lowest BCUT2D eigenvalue weighted by atomic mass is 10.2. The van der Waals surface area contributed by atoms with Crippen molar-refractivity contribution in [2.45, 2.75) is 0 Å². The van der Waals surface area contributed by atoms with Crippen molar-refractivity contribution in [2.24, 2.45) is 0 Å². The molecule has 148 valence electrons. The highest BCUT2D eigenvalue weighted by atomic mass is 16.5. The van der Waals surface area contributed by atoms with Crippen LogP contribution in [0.1, 0.15) is 20.7 Å². The van der Waals surface area contributed by atoms with Crippen LogP contribution in [0.2, 0.25) is 0 Å². The number of benzene rings is 2. The van der Waals surface area contributed by atoms with E-state index in [4.69, 9.17) is 28.4 Å². The van der Waals surface area contributed by atoms with Gasteiger partial charge >= 0.3 is 11.9 Å². The first-order valence-corrected chi connectivity index (χ1v) is 8.57. The monoisotopic (exact) mass is 388 g/mol. The van der Waals surface area contributed by atoms with Gasteiger partial charge in [0, 0.05) is 12.1 Å². The highest BCUT2D eigenvalue weighted by Gasteiger charge is 2.13. The predicted octanol–water partition coefficient (Wildman–Crippen LogP) is 2.49. The minimum atomic E-state index is -0.491. The van der Waals surface area contributed by atoms with E-state index >= 15 is 0 Å². The molecule has 1 heterocycles. The van der Waals surface area contributed by atoms with Gasteiger partial charge in [0.2, 0.25) is 0 Å². The maximum Gasteiger partial charge on any atom is 0.338 e. The second-order valence-corrected chi connectivity index (χ2v) is 5.76. The Labute approximate surface area is 161 Å². The van der Waals surface area contributed by atoms with E-state index in [-0.39, 0.29) is 26.4 Å². The topological polar surface area (TPSA) is 89.5 Å². The molecule has 0 fully saturated rings. The molecule has 0 saturated heterocycles. The molecule has 0 unspecified atom stereocenters. The molecule has 0 aromatic heterocycles. The molecule has 8 nitrogen and oxygen atoms in total. The molecule has 0 saturated carbocycles. The van der Waals surface area contributed by atoms with Gasteiger partial charge in [-0.25, -0.2) is 9.59 Å². The van der Waals surface area contributed by atoms with E-state index in [0.717, 1.165) is 0 Å². The number of carbonyl (C=O) groups excluding carboxylic acids is 2. The van der Waals surface area contributed by atoms with Crippen LogP contribution in [0, 0.1) is 0 Å². The highest BCUT2D eigenvalue weighted by molar-refractivity contribution is 5.90. The molecule has 0 aliphatic carbocycles. The standard InChI is InChI=1S/C20H20O8/c1-23-19(21)13-7-15-11-16(8-13)26-4-6-28-18-10-14(20(22)24-2)9-17(12-18)27-5-3-25-15/h7-12H,3-6H2,1-2H3.